The quantitative estimate of drug-likeness (QED) is 0.815. The van der Waals surface area contributed by atoms with Gasteiger partial charge >= 0.3 is 0 Å². The lowest BCUT2D eigenvalue weighted by molar-refractivity contribution is 1.23. The molecule has 1 aromatic heterocycles. The normalized spacial score (nSPS) is 11.8. The number of anilines is 1. The van der Waals surface area contributed by atoms with Crippen LogP contribution in [0.2, 0.25) is 10.0 Å². The minimum Gasteiger partial charge on any atom is -0.397 e. The van der Waals surface area contributed by atoms with E-state index in [1.165, 1.54) is 0 Å². The van der Waals surface area contributed by atoms with Crippen molar-refractivity contribution in [1.29, 1.82) is 0 Å². The molecule has 0 atom stereocenters. The van der Waals surface area contributed by atoms with Crippen LogP contribution in [0.4, 0.5) is 5.69 Å². The van der Waals surface area contributed by atoms with Gasteiger partial charge in [0.05, 0.1) is 15.7 Å². The molecule has 3 nitrogen and oxygen atoms in total. The molecular weight excluding hydrogens is 257 g/mol. The van der Waals surface area contributed by atoms with Gasteiger partial charge in [-0.25, -0.2) is 4.98 Å². The second-order valence-corrected chi connectivity index (χ2v) is 4.23. The summed E-state index contributed by atoms with van der Waals surface area (Å²) in [6, 6.07) is 3.57. The summed E-state index contributed by atoms with van der Waals surface area (Å²) in [5.74, 6) is 0.746. The van der Waals surface area contributed by atoms with Gasteiger partial charge in [0, 0.05) is 23.5 Å². The number of halogens is 2. The Bertz CT molecular complexity index is 559. The van der Waals surface area contributed by atoms with Crippen LogP contribution in [0.1, 0.15) is 18.3 Å². The lowest BCUT2D eigenvalue weighted by atomic mass is 10.0. The fraction of sp³-hybridized carbons (Fsp3) is 0.0833. The largest absolute Gasteiger partial charge is 0.397 e. The molecule has 0 saturated heterocycles. The first-order valence-corrected chi connectivity index (χ1v) is 5.80. The lowest BCUT2D eigenvalue weighted by Crippen LogP contribution is -1.94. The third-order valence-corrected chi connectivity index (χ3v) is 3.34. The molecule has 17 heavy (non-hydrogen) atoms. The second kappa shape index (κ2) is 4.82. The summed E-state index contributed by atoms with van der Waals surface area (Å²) in [5.41, 5.74) is 7.86. The van der Waals surface area contributed by atoms with Crippen LogP contribution in [-0.2, 0) is 0 Å². The number of hydrogen-bond acceptors (Lipinski definition) is 2. The van der Waals surface area contributed by atoms with Gasteiger partial charge in [0.1, 0.15) is 5.82 Å². The minimum absolute atomic E-state index is 0.370. The van der Waals surface area contributed by atoms with Crippen molar-refractivity contribution < 1.29 is 0 Å². The highest BCUT2D eigenvalue weighted by Gasteiger charge is 2.14. The van der Waals surface area contributed by atoms with Crippen molar-refractivity contribution in [1.82, 2.24) is 9.97 Å². The molecule has 5 heteroatoms. The highest BCUT2D eigenvalue weighted by molar-refractivity contribution is 6.44. The molecule has 0 aliphatic rings. The zero-order chi connectivity index (χ0) is 12.4. The number of aromatic amines is 1. The van der Waals surface area contributed by atoms with Gasteiger partial charge in [-0.3, -0.25) is 0 Å². The van der Waals surface area contributed by atoms with Crippen LogP contribution in [-0.4, -0.2) is 9.97 Å². The molecule has 2 aromatic rings. The first-order chi connectivity index (χ1) is 8.15. The zero-order valence-corrected chi connectivity index (χ0v) is 10.7. The molecule has 0 bridgehead atoms. The van der Waals surface area contributed by atoms with E-state index in [1.54, 1.807) is 18.5 Å². The van der Waals surface area contributed by atoms with E-state index in [0.29, 0.717) is 15.7 Å². The molecule has 0 aliphatic heterocycles. The van der Waals surface area contributed by atoms with Crippen molar-refractivity contribution in [2.75, 3.05) is 5.73 Å². The summed E-state index contributed by atoms with van der Waals surface area (Å²) < 4.78 is 0. The van der Waals surface area contributed by atoms with Gasteiger partial charge in [0.25, 0.3) is 0 Å². The van der Waals surface area contributed by atoms with Crippen LogP contribution in [0, 0.1) is 0 Å². The van der Waals surface area contributed by atoms with E-state index in [9.17, 15) is 0 Å². The predicted molar refractivity (Wildman–Crippen MR) is 72.2 cm³/mol. The number of aromatic nitrogens is 2. The van der Waals surface area contributed by atoms with Gasteiger partial charge in [-0.15, -0.1) is 0 Å². The maximum absolute atomic E-state index is 6.19. The number of allylic oxidation sites excluding steroid dienone is 1. The fourth-order valence-corrected chi connectivity index (χ4v) is 2.04. The van der Waals surface area contributed by atoms with E-state index in [2.05, 4.69) is 9.97 Å². The topological polar surface area (TPSA) is 54.7 Å². The SMILES string of the molecule is C/C=C(/c1ncc[nH]1)c1ccc(N)c(Cl)c1Cl. The number of nitrogens with one attached hydrogen (secondary N) is 1. The highest BCUT2D eigenvalue weighted by Crippen LogP contribution is 2.36. The summed E-state index contributed by atoms with van der Waals surface area (Å²) in [6.07, 6.45) is 5.36. The Kier molecular flexibility index (Phi) is 3.41. The van der Waals surface area contributed by atoms with Gasteiger partial charge in [0.15, 0.2) is 0 Å². The number of hydrogen-bond donors (Lipinski definition) is 2. The van der Waals surface area contributed by atoms with Crippen molar-refractivity contribution in [3.05, 3.63) is 52.0 Å². The molecule has 0 spiro atoms. The standard InChI is InChI=1S/C12H11Cl2N3/c1-2-7(12-16-5-6-17-12)8-3-4-9(15)11(14)10(8)13/h2-6H,15H2,1H3,(H,16,17)/b7-2+. The number of nitrogens with zero attached hydrogens (tertiary/aromatic N) is 1. The molecule has 0 aliphatic carbocycles. The van der Waals surface area contributed by atoms with E-state index in [-0.39, 0.29) is 0 Å². The first kappa shape index (κ1) is 12.0. The van der Waals surface area contributed by atoms with Crippen molar-refractivity contribution in [2.24, 2.45) is 0 Å². The number of nitrogen functional groups attached to an aromatic ring is 1. The van der Waals surface area contributed by atoms with Crippen molar-refractivity contribution in [3.63, 3.8) is 0 Å². The number of benzene rings is 1. The summed E-state index contributed by atoms with van der Waals surface area (Å²) >= 11 is 12.2. The van der Waals surface area contributed by atoms with Gasteiger partial charge in [-0.2, -0.15) is 0 Å². The number of nitrogens with two attached hydrogens (primary N) is 1. The Morgan fingerprint density at radius 3 is 2.71 bits per heavy atom. The van der Waals surface area contributed by atoms with E-state index in [4.69, 9.17) is 28.9 Å². The number of H-pyrrole nitrogens is 1. The molecule has 0 unspecified atom stereocenters. The number of rotatable bonds is 2. The van der Waals surface area contributed by atoms with Gasteiger partial charge < -0.3 is 10.7 Å². The molecular formula is C12H11Cl2N3. The molecule has 0 radical (unpaired) electrons. The van der Waals surface area contributed by atoms with Crippen LogP contribution in [0.25, 0.3) is 5.57 Å². The molecule has 1 aromatic carbocycles. The summed E-state index contributed by atoms with van der Waals surface area (Å²) in [6.45, 7) is 1.92. The van der Waals surface area contributed by atoms with E-state index in [1.807, 2.05) is 19.1 Å². The van der Waals surface area contributed by atoms with Crippen molar-refractivity contribution >= 4 is 34.5 Å². The summed E-state index contributed by atoms with van der Waals surface area (Å²) in [4.78, 5) is 7.24. The highest BCUT2D eigenvalue weighted by atomic mass is 35.5. The molecule has 0 saturated carbocycles. The first-order valence-electron chi connectivity index (χ1n) is 5.05. The van der Waals surface area contributed by atoms with Gasteiger partial charge in [0.2, 0.25) is 0 Å². The lowest BCUT2D eigenvalue weighted by Gasteiger charge is -2.09. The molecule has 88 valence electrons. The fourth-order valence-electron chi connectivity index (χ4n) is 1.60. The van der Waals surface area contributed by atoms with Crippen LogP contribution in [0.5, 0.6) is 0 Å². The third-order valence-electron chi connectivity index (χ3n) is 2.44. The maximum Gasteiger partial charge on any atom is 0.137 e. The maximum atomic E-state index is 6.19. The smallest absolute Gasteiger partial charge is 0.137 e. The Morgan fingerprint density at radius 2 is 2.12 bits per heavy atom. The van der Waals surface area contributed by atoms with Crippen LogP contribution < -0.4 is 5.73 Å². The Balaban J connectivity index is 2.58. The average Bonchev–Trinajstić information content (AvgIpc) is 2.84. The summed E-state index contributed by atoms with van der Waals surface area (Å²) in [5, 5.41) is 0.811. The molecule has 2 rings (SSSR count). The Morgan fingerprint density at radius 1 is 1.35 bits per heavy atom. The monoisotopic (exact) mass is 267 g/mol. The minimum atomic E-state index is 0.370. The predicted octanol–water partition coefficient (Wildman–Crippen LogP) is 3.75. The van der Waals surface area contributed by atoms with Gasteiger partial charge in [-0.1, -0.05) is 35.3 Å². The zero-order valence-electron chi connectivity index (χ0n) is 9.17. The number of imidazole rings is 1. The van der Waals surface area contributed by atoms with Crippen molar-refractivity contribution in [3.8, 4) is 0 Å². The van der Waals surface area contributed by atoms with Crippen LogP contribution in [0.15, 0.2) is 30.6 Å². The van der Waals surface area contributed by atoms with E-state index in [0.717, 1.165) is 17.0 Å². The second-order valence-electron chi connectivity index (χ2n) is 3.47. The Labute approximate surface area is 109 Å². The van der Waals surface area contributed by atoms with Crippen LogP contribution in [0.3, 0.4) is 0 Å². The van der Waals surface area contributed by atoms with Gasteiger partial charge in [-0.05, 0) is 13.0 Å². The molecule has 0 fully saturated rings. The molecule has 1 heterocycles. The summed E-state index contributed by atoms with van der Waals surface area (Å²) in [7, 11) is 0. The third kappa shape index (κ3) is 2.16. The van der Waals surface area contributed by atoms with E-state index >= 15 is 0 Å². The Hall–Kier alpha value is -1.45. The van der Waals surface area contributed by atoms with Crippen LogP contribution >= 0.6 is 23.2 Å². The van der Waals surface area contributed by atoms with Crippen molar-refractivity contribution in [2.45, 2.75) is 6.92 Å². The van der Waals surface area contributed by atoms with E-state index < -0.39 is 0 Å². The molecule has 3 N–H and O–H groups in total. The molecule has 0 amide bonds. The average molecular weight is 268 g/mol.